The minimum absolute atomic E-state index is 0.0797. The number of alkyl halides is 3. The molecule has 1 aromatic heterocycles. The van der Waals surface area contributed by atoms with Gasteiger partial charge in [0.05, 0.1) is 0 Å². The van der Waals surface area contributed by atoms with Crippen molar-refractivity contribution in [1.29, 1.82) is 5.41 Å². The van der Waals surface area contributed by atoms with Crippen LogP contribution in [0.3, 0.4) is 0 Å². The van der Waals surface area contributed by atoms with Gasteiger partial charge in [0.15, 0.2) is 0 Å². The van der Waals surface area contributed by atoms with Gasteiger partial charge in [0.1, 0.15) is 5.71 Å². The Morgan fingerprint density at radius 1 is 1.08 bits per heavy atom. The zero-order valence-corrected chi connectivity index (χ0v) is 15.2. The molecular formula is C18H13BrClF3N2. The molecule has 7 heteroatoms. The van der Waals surface area contributed by atoms with Crippen LogP contribution >= 0.6 is 27.5 Å². The van der Waals surface area contributed by atoms with Gasteiger partial charge in [-0.3, -0.25) is 5.41 Å². The number of benzene rings is 2. The molecule has 2 N–H and O–H groups in total. The van der Waals surface area contributed by atoms with Gasteiger partial charge in [0.25, 0.3) is 0 Å². The molecule has 0 saturated carbocycles. The zero-order valence-electron chi connectivity index (χ0n) is 12.8. The van der Waals surface area contributed by atoms with Gasteiger partial charge in [-0.15, -0.1) is 0 Å². The predicted octanol–water partition coefficient (Wildman–Crippen LogP) is 6.30. The highest BCUT2D eigenvalue weighted by Gasteiger charge is 2.38. The summed E-state index contributed by atoms with van der Waals surface area (Å²) in [6, 6.07) is 12.2. The first kappa shape index (κ1) is 18.0. The molecule has 0 unspecified atom stereocenters. The van der Waals surface area contributed by atoms with Crippen molar-refractivity contribution in [3.63, 3.8) is 0 Å². The number of fused-ring (bicyclic) bond motifs is 1. The van der Waals surface area contributed by atoms with Crippen molar-refractivity contribution >= 4 is 44.1 Å². The molecule has 0 aliphatic heterocycles. The van der Waals surface area contributed by atoms with Crippen LogP contribution in [0.1, 0.15) is 16.8 Å². The van der Waals surface area contributed by atoms with Crippen molar-refractivity contribution in [3.05, 3.63) is 68.8 Å². The number of nitrogens with one attached hydrogen (secondary N) is 2. The van der Waals surface area contributed by atoms with E-state index in [-0.39, 0.29) is 5.56 Å². The van der Waals surface area contributed by atoms with Gasteiger partial charge in [0.2, 0.25) is 0 Å². The Kier molecular flexibility index (Phi) is 4.93. The van der Waals surface area contributed by atoms with Crippen molar-refractivity contribution in [2.75, 3.05) is 0 Å². The number of halogens is 5. The quantitative estimate of drug-likeness (QED) is 0.457. The number of aromatic amines is 1. The number of hydrogen-bond acceptors (Lipinski definition) is 1. The van der Waals surface area contributed by atoms with E-state index in [1.54, 1.807) is 30.3 Å². The fourth-order valence-electron chi connectivity index (χ4n) is 2.76. The molecule has 3 aromatic rings. The average molecular weight is 430 g/mol. The van der Waals surface area contributed by atoms with Gasteiger partial charge >= 0.3 is 6.18 Å². The minimum atomic E-state index is -4.70. The first-order chi connectivity index (χ1) is 11.8. The summed E-state index contributed by atoms with van der Waals surface area (Å²) in [4.78, 5) is 3.04. The van der Waals surface area contributed by atoms with Crippen molar-refractivity contribution in [3.8, 4) is 0 Å². The van der Waals surface area contributed by atoms with Crippen molar-refractivity contribution in [1.82, 2.24) is 4.98 Å². The predicted molar refractivity (Wildman–Crippen MR) is 97.7 cm³/mol. The largest absolute Gasteiger partial charge is 0.433 e. The Balaban J connectivity index is 2.00. The van der Waals surface area contributed by atoms with Crippen molar-refractivity contribution in [2.45, 2.75) is 19.0 Å². The molecule has 0 atom stereocenters. The second-order valence-electron chi connectivity index (χ2n) is 5.67. The topological polar surface area (TPSA) is 39.6 Å². The van der Waals surface area contributed by atoms with E-state index in [2.05, 4.69) is 20.9 Å². The lowest BCUT2D eigenvalue weighted by Crippen LogP contribution is -2.23. The summed E-state index contributed by atoms with van der Waals surface area (Å²) >= 11 is 9.17. The van der Waals surface area contributed by atoms with Crippen LogP contribution in [0.25, 0.3) is 10.9 Å². The van der Waals surface area contributed by atoms with Crippen molar-refractivity contribution in [2.24, 2.45) is 0 Å². The molecular weight excluding hydrogens is 417 g/mol. The molecule has 1 heterocycles. The molecule has 2 nitrogen and oxygen atoms in total. The molecule has 0 bridgehead atoms. The third-order valence-corrected chi connectivity index (χ3v) is 4.69. The van der Waals surface area contributed by atoms with Crippen LogP contribution in [0, 0.1) is 5.41 Å². The SMILES string of the molecule is N=C(c1c(CCc2ccc(Cl)cc2)[nH]c2cc(Br)ccc12)C(F)(F)F. The van der Waals surface area contributed by atoms with Crippen molar-refractivity contribution < 1.29 is 13.2 Å². The monoisotopic (exact) mass is 428 g/mol. The fraction of sp³-hybridized carbons (Fsp3) is 0.167. The van der Waals surface area contributed by atoms with E-state index in [4.69, 9.17) is 17.0 Å². The number of aromatic nitrogens is 1. The molecule has 0 saturated heterocycles. The van der Waals surface area contributed by atoms with Gasteiger partial charge < -0.3 is 4.98 Å². The molecule has 0 radical (unpaired) electrons. The molecule has 0 aliphatic carbocycles. The van der Waals surface area contributed by atoms with Gasteiger partial charge in [-0.1, -0.05) is 45.7 Å². The van der Waals surface area contributed by atoms with Crippen LogP contribution in [0.15, 0.2) is 46.9 Å². The van der Waals surface area contributed by atoms with E-state index in [0.717, 1.165) is 10.0 Å². The summed E-state index contributed by atoms with van der Waals surface area (Å²) in [5.74, 6) is 0. The lowest BCUT2D eigenvalue weighted by atomic mass is 10.0. The highest BCUT2D eigenvalue weighted by Crippen LogP contribution is 2.32. The second-order valence-corrected chi connectivity index (χ2v) is 7.02. The summed E-state index contributed by atoms with van der Waals surface area (Å²) in [5, 5.41) is 8.62. The number of rotatable bonds is 4. The van der Waals surface area contributed by atoms with E-state index in [9.17, 15) is 13.2 Å². The number of hydrogen-bond donors (Lipinski definition) is 2. The van der Waals surface area contributed by atoms with Crippen LogP contribution in [0.5, 0.6) is 0 Å². The molecule has 0 aliphatic rings. The van der Waals surface area contributed by atoms with E-state index >= 15 is 0 Å². The van der Waals surface area contributed by atoms with E-state index < -0.39 is 11.9 Å². The lowest BCUT2D eigenvalue weighted by molar-refractivity contribution is -0.0587. The third kappa shape index (κ3) is 3.90. The summed E-state index contributed by atoms with van der Waals surface area (Å²) in [6.07, 6.45) is -3.79. The Morgan fingerprint density at radius 2 is 1.76 bits per heavy atom. The van der Waals surface area contributed by atoms with E-state index in [0.29, 0.717) is 34.5 Å². The second kappa shape index (κ2) is 6.84. The molecule has 130 valence electrons. The number of aryl methyl sites for hydroxylation is 2. The maximum atomic E-state index is 13.1. The van der Waals surface area contributed by atoms with Crippen LogP contribution in [-0.4, -0.2) is 16.9 Å². The van der Waals surface area contributed by atoms with Gasteiger partial charge in [-0.05, 0) is 42.7 Å². The first-order valence-electron chi connectivity index (χ1n) is 7.46. The van der Waals surface area contributed by atoms with Gasteiger partial charge in [0, 0.05) is 31.7 Å². The van der Waals surface area contributed by atoms with Gasteiger partial charge in [-0.25, -0.2) is 0 Å². The summed E-state index contributed by atoms with van der Waals surface area (Å²) in [7, 11) is 0. The van der Waals surface area contributed by atoms with Crippen LogP contribution in [0.2, 0.25) is 5.02 Å². The molecule has 0 fully saturated rings. The minimum Gasteiger partial charge on any atom is -0.358 e. The van der Waals surface area contributed by atoms with Crippen LogP contribution < -0.4 is 0 Å². The molecule has 3 rings (SSSR count). The zero-order chi connectivity index (χ0) is 18.2. The fourth-order valence-corrected chi connectivity index (χ4v) is 3.25. The Morgan fingerprint density at radius 3 is 2.40 bits per heavy atom. The Hall–Kier alpha value is -1.79. The highest BCUT2D eigenvalue weighted by atomic mass is 79.9. The molecule has 0 amide bonds. The first-order valence-corrected chi connectivity index (χ1v) is 8.63. The average Bonchev–Trinajstić information content (AvgIpc) is 2.89. The highest BCUT2D eigenvalue weighted by molar-refractivity contribution is 9.10. The normalized spacial score (nSPS) is 11.9. The standard InChI is InChI=1S/C18H13BrClF3N2/c19-11-4-7-13-15(9-11)25-14(16(13)17(24)18(21,22)23)8-3-10-1-5-12(20)6-2-10/h1-2,4-7,9,24-25H,3,8H2. The smallest absolute Gasteiger partial charge is 0.358 e. The summed E-state index contributed by atoms with van der Waals surface area (Å²) in [5.41, 5.74) is 0.541. The summed E-state index contributed by atoms with van der Waals surface area (Å²) < 4.78 is 40.2. The molecule has 25 heavy (non-hydrogen) atoms. The number of H-pyrrole nitrogens is 1. The molecule has 0 spiro atoms. The van der Waals surface area contributed by atoms with E-state index in [1.165, 1.54) is 0 Å². The third-order valence-electron chi connectivity index (χ3n) is 3.95. The lowest BCUT2D eigenvalue weighted by Gasteiger charge is -2.10. The Labute approximate surface area is 155 Å². The van der Waals surface area contributed by atoms with E-state index in [1.807, 2.05) is 12.1 Å². The molecule has 2 aromatic carbocycles. The maximum absolute atomic E-state index is 13.1. The van der Waals surface area contributed by atoms with Gasteiger partial charge in [-0.2, -0.15) is 13.2 Å². The Bertz CT molecular complexity index is 930. The summed E-state index contributed by atoms with van der Waals surface area (Å²) in [6.45, 7) is 0. The van der Waals surface area contributed by atoms with Crippen LogP contribution in [-0.2, 0) is 12.8 Å². The maximum Gasteiger partial charge on any atom is 0.433 e. The van der Waals surface area contributed by atoms with Crippen LogP contribution in [0.4, 0.5) is 13.2 Å².